The maximum absolute atomic E-state index is 12.4. The molecule has 2 N–H and O–H groups in total. The van der Waals surface area contributed by atoms with E-state index in [4.69, 9.17) is 11.6 Å². The Labute approximate surface area is 159 Å². The number of rotatable bonds is 7. The Balaban J connectivity index is 2.08. The molecular weight excluding hydrogens is 374 g/mol. The van der Waals surface area contributed by atoms with Crippen LogP contribution in [0.4, 0.5) is 5.69 Å². The van der Waals surface area contributed by atoms with E-state index in [2.05, 4.69) is 10.0 Å². The van der Waals surface area contributed by atoms with E-state index in [-0.39, 0.29) is 10.8 Å². The van der Waals surface area contributed by atoms with Crippen molar-refractivity contribution in [2.75, 3.05) is 32.5 Å². The number of hydrogen-bond donors (Lipinski definition) is 2. The van der Waals surface area contributed by atoms with Gasteiger partial charge in [0.15, 0.2) is 0 Å². The van der Waals surface area contributed by atoms with Gasteiger partial charge in [0.2, 0.25) is 10.0 Å². The number of hydrogen-bond acceptors (Lipinski definition) is 4. The summed E-state index contributed by atoms with van der Waals surface area (Å²) in [5.41, 5.74) is 1.85. The number of anilines is 1. The molecule has 0 atom stereocenters. The zero-order chi connectivity index (χ0) is 19.3. The van der Waals surface area contributed by atoms with Gasteiger partial charge in [0.25, 0.3) is 5.91 Å². The number of halogens is 1. The van der Waals surface area contributed by atoms with E-state index in [9.17, 15) is 13.2 Å². The van der Waals surface area contributed by atoms with Crippen LogP contribution < -0.4 is 10.0 Å². The molecule has 0 unspecified atom stereocenters. The quantitative estimate of drug-likeness (QED) is 0.755. The first-order valence-corrected chi connectivity index (χ1v) is 9.87. The van der Waals surface area contributed by atoms with Crippen LogP contribution in [0.25, 0.3) is 0 Å². The first-order chi connectivity index (χ1) is 12.2. The van der Waals surface area contributed by atoms with Crippen molar-refractivity contribution >= 4 is 33.2 Å². The predicted octanol–water partition coefficient (Wildman–Crippen LogP) is 2.74. The fourth-order valence-electron chi connectivity index (χ4n) is 2.20. The third kappa shape index (κ3) is 5.54. The molecule has 0 saturated heterocycles. The van der Waals surface area contributed by atoms with Crippen molar-refractivity contribution in [3.63, 3.8) is 0 Å². The second kappa shape index (κ2) is 8.64. The summed E-state index contributed by atoms with van der Waals surface area (Å²) in [6, 6.07) is 11.0. The monoisotopic (exact) mass is 395 g/mol. The van der Waals surface area contributed by atoms with Crippen LogP contribution in [0, 0.1) is 6.92 Å². The van der Waals surface area contributed by atoms with Crippen molar-refractivity contribution in [3.8, 4) is 0 Å². The highest BCUT2D eigenvalue weighted by Gasteiger charge is 2.15. The van der Waals surface area contributed by atoms with Gasteiger partial charge in [0.05, 0.1) is 4.90 Å². The molecule has 2 aromatic carbocycles. The van der Waals surface area contributed by atoms with E-state index in [1.54, 1.807) is 12.1 Å². The summed E-state index contributed by atoms with van der Waals surface area (Å²) >= 11 is 5.95. The Morgan fingerprint density at radius 2 is 1.77 bits per heavy atom. The SMILES string of the molecule is Cc1ccc(Cl)cc1NC(=O)c1ccc(S(=O)(=O)NCCN(C)C)cc1. The molecule has 2 aromatic rings. The van der Waals surface area contributed by atoms with Crippen molar-refractivity contribution in [3.05, 3.63) is 58.6 Å². The van der Waals surface area contributed by atoms with Crippen LogP contribution in [-0.2, 0) is 10.0 Å². The first kappa shape index (κ1) is 20.4. The van der Waals surface area contributed by atoms with E-state index < -0.39 is 10.0 Å². The minimum atomic E-state index is -3.60. The van der Waals surface area contributed by atoms with Crippen LogP contribution in [0.5, 0.6) is 0 Å². The topological polar surface area (TPSA) is 78.5 Å². The number of amides is 1. The smallest absolute Gasteiger partial charge is 0.255 e. The Bertz CT molecular complexity index is 881. The molecular formula is C18H22ClN3O3S. The maximum Gasteiger partial charge on any atom is 0.255 e. The van der Waals surface area contributed by atoms with Gasteiger partial charge < -0.3 is 10.2 Å². The van der Waals surface area contributed by atoms with Crippen molar-refractivity contribution in [1.82, 2.24) is 9.62 Å². The lowest BCUT2D eigenvalue weighted by Crippen LogP contribution is -2.31. The normalized spacial score (nSPS) is 11.6. The molecule has 0 bridgehead atoms. The maximum atomic E-state index is 12.4. The predicted molar refractivity (Wildman–Crippen MR) is 104 cm³/mol. The second-order valence-electron chi connectivity index (χ2n) is 6.14. The molecule has 2 rings (SSSR count). The van der Waals surface area contributed by atoms with Crippen LogP contribution >= 0.6 is 11.6 Å². The van der Waals surface area contributed by atoms with E-state index in [1.165, 1.54) is 24.3 Å². The molecule has 0 spiro atoms. The van der Waals surface area contributed by atoms with Crippen LogP contribution in [0.15, 0.2) is 47.4 Å². The minimum Gasteiger partial charge on any atom is -0.322 e. The Morgan fingerprint density at radius 1 is 1.12 bits per heavy atom. The molecule has 0 heterocycles. The Hall–Kier alpha value is -1.93. The van der Waals surface area contributed by atoms with E-state index >= 15 is 0 Å². The van der Waals surface area contributed by atoms with Gasteiger partial charge in [-0.1, -0.05) is 17.7 Å². The molecule has 0 aliphatic rings. The van der Waals surface area contributed by atoms with Crippen LogP contribution in [0.1, 0.15) is 15.9 Å². The number of carbonyl (C=O) groups is 1. The third-order valence-corrected chi connectivity index (χ3v) is 5.44. The van der Waals surface area contributed by atoms with Gasteiger partial charge in [-0.25, -0.2) is 13.1 Å². The zero-order valence-corrected chi connectivity index (χ0v) is 16.5. The highest BCUT2D eigenvalue weighted by Crippen LogP contribution is 2.21. The largest absolute Gasteiger partial charge is 0.322 e. The van der Waals surface area contributed by atoms with Gasteiger partial charge in [-0.05, 0) is 63.0 Å². The van der Waals surface area contributed by atoms with Crippen molar-refractivity contribution in [2.24, 2.45) is 0 Å². The van der Waals surface area contributed by atoms with Crippen molar-refractivity contribution < 1.29 is 13.2 Å². The van der Waals surface area contributed by atoms with Gasteiger partial charge >= 0.3 is 0 Å². The number of carbonyl (C=O) groups excluding carboxylic acids is 1. The summed E-state index contributed by atoms with van der Waals surface area (Å²) in [7, 11) is 0.133. The molecule has 0 aliphatic carbocycles. The molecule has 140 valence electrons. The molecule has 0 aromatic heterocycles. The summed E-state index contributed by atoms with van der Waals surface area (Å²) in [6.07, 6.45) is 0. The van der Waals surface area contributed by atoms with Crippen molar-refractivity contribution in [2.45, 2.75) is 11.8 Å². The standard InChI is InChI=1S/C18H22ClN3O3S/c1-13-4-7-15(19)12-17(13)21-18(23)14-5-8-16(9-6-14)26(24,25)20-10-11-22(2)3/h4-9,12,20H,10-11H2,1-3H3,(H,21,23). The lowest BCUT2D eigenvalue weighted by Gasteiger charge is -2.12. The molecule has 8 heteroatoms. The van der Waals surface area contributed by atoms with Gasteiger partial charge in [0, 0.05) is 29.4 Å². The van der Waals surface area contributed by atoms with Crippen LogP contribution in [0.3, 0.4) is 0 Å². The number of benzene rings is 2. The molecule has 0 radical (unpaired) electrons. The number of nitrogens with one attached hydrogen (secondary N) is 2. The lowest BCUT2D eigenvalue weighted by atomic mass is 10.1. The molecule has 1 amide bonds. The molecule has 6 nitrogen and oxygen atoms in total. The Kier molecular flexibility index (Phi) is 6.77. The van der Waals surface area contributed by atoms with E-state index in [1.807, 2.05) is 32.0 Å². The van der Waals surface area contributed by atoms with Gasteiger partial charge in [-0.15, -0.1) is 0 Å². The summed E-state index contributed by atoms with van der Waals surface area (Å²) in [5, 5.41) is 3.30. The fourth-order valence-corrected chi connectivity index (χ4v) is 3.39. The minimum absolute atomic E-state index is 0.117. The molecule has 0 saturated carbocycles. The van der Waals surface area contributed by atoms with E-state index in [0.29, 0.717) is 29.4 Å². The zero-order valence-electron chi connectivity index (χ0n) is 14.9. The van der Waals surface area contributed by atoms with Gasteiger partial charge in [0.1, 0.15) is 0 Å². The van der Waals surface area contributed by atoms with E-state index in [0.717, 1.165) is 5.56 Å². The molecule has 26 heavy (non-hydrogen) atoms. The third-order valence-electron chi connectivity index (χ3n) is 3.73. The highest BCUT2D eigenvalue weighted by atomic mass is 35.5. The Morgan fingerprint density at radius 3 is 2.38 bits per heavy atom. The number of nitrogens with zero attached hydrogens (tertiary/aromatic N) is 1. The summed E-state index contributed by atoms with van der Waals surface area (Å²) in [6.45, 7) is 2.77. The number of sulfonamides is 1. The molecule has 0 aliphatic heterocycles. The van der Waals surface area contributed by atoms with Crippen LogP contribution in [-0.4, -0.2) is 46.4 Å². The van der Waals surface area contributed by atoms with Gasteiger partial charge in [-0.3, -0.25) is 4.79 Å². The summed E-state index contributed by atoms with van der Waals surface area (Å²) in [4.78, 5) is 14.4. The van der Waals surface area contributed by atoms with Crippen molar-refractivity contribution in [1.29, 1.82) is 0 Å². The molecule has 0 fully saturated rings. The van der Waals surface area contributed by atoms with Gasteiger partial charge in [-0.2, -0.15) is 0 Å². The number of likely N-dealkylation sites (N-methyl/N-ethyl adjacent to an activating group) is 1. The fraction of sp³-hybridized carbons (Fsp3) is 0.278. The highest BCUT2D eigenvalue weighted by molar-refractivity contribution is 7.89. The number of aryl methyl sites for hydroxylation is 1. The lowest BCUT2D eigenvalue weighted by molar-refractivity contribution is 0.102. The van der Waals surface area contributed by atoms with Crippen LogP contribution in [0.2, 0.25) is 5.02 Å². The summed E-state index contributed by atoms with van der Waals surface area (Å²) in [5.74, 6) is -0.333. The summed E-state index contributed by atoms with van der Waals surface area (Å²) < 4.78 is 27.0. The first-order valence-electron chi connectivity index (χ1n) is 8.01. The average Bonchev–Trinajstić information content (AvgIpc) is 2.57. The average molecular weight is 396 g/mol. The second-order valence-corrected chi connectivity index (χ2v) is 8.34.